The van der Waals surface area contributed by atoms with Crippen LogP contribution < -0.4 is 4.74 Å². The molecule has 1 amide bonds. The number of nitrogens with zero attached hydrogens (tertiary/aromatic N) is 1. The largest absolute Gasteiger partial charge is 0.496 e. The Labute approximate surface area is 107 Å². The first kappa shape index (κ1) is 12.9. The molecule has 1 heterocycles. The van der Waals surface area contributed by atoms with Crippen molar-refractivity contribution in [3.8, 4) is 5.75 Å². The molecule has 1 aromatic rings. The maximum Gasteiger partial charge on any atom is 0.251 e. The van der Waals surface area contributed by atoms with E-state index in [1.165, 1.54) is 18.1 Å². The third kappa shape index (κ3) is 2.48. The Kier molecular flexibility index (Phi) is 3.87. The Morgan fingerprint density at radius 1 is 1.39 bits per heavy atom. The van der Waals surface area contributed by atoms with E-state index in [-0.39, 0.29) is 5.91 Å². The number of fused-ring (bicyclic) bond motifs is 1. The standard InChI is InChI=1S/C14H19NO3/c1-10(16)14(17)15-8-6-11-4-3-5-13(18-2)12(11)7-9-15/h3-5,10,16H,6-9H2,1-2H3. The van der Waals surface area contributed by atoms with Gasteiger partial charge in [-0.3, -0.25) is 4.79 Å². The van der Waals surface area contributed by atoms with Gasteiger partial charge in [-0.25, -0.2) is 0 Å². The Morgan fingerprint density at radius 2 is 2.11 bits per heavy atom. The van der Waals surface area contributed by atoms with Crippen LogP contribution in [0.25, 0.3) is 0 Å². The highest BCUT2D eigenvalue weighted by Gasteiger charge is 2.22. The summed E-state index contributed by atoms with van der Waals surface area (Å²) >= 11 is 0. The molecular weight excluding hydrogens is 230 g/mol. The Balaban J connectivity index is 2.19. The molecule has 1 aliphatic rings. The molecule has 0 radical (unpaired) electrons. The van der Waals surface area contributed by atoms with Crippen LogP contribution in [0.5, 0.6) is 5.75 Å². The summed E-state index contributed by atoms with van der Waals surface area (Å²) in [5.74, 6) is 0.695. The van der Waals surface area contributed by atoms with Gasteiger partial charge in [-0.1, -0.05) is 12.1 Å². The maximum atomic E-state index is 11.8. The van der Waals surface area contributed by atoms with Crippen molar-refractivity contribution < 1.29 is 14.6 Å². The number of amides is 1. The molecule has 1 atom stereocenters. The molecule has 1 aromatic carbocycles. The number of hydrogen-bond acceptors (Lipinski definition) is 3. The normalized spacial score (nSPS) is 16.7. The van der Waals surface area contributed by atoms with E-state index >= 15 is 0 Å². The molecule has 18 heavy (non-hydrogen) atoms. The summed E-state index contributed by atoms with van der Waals surface area (Å²) in [4.78, 5) is 13.5. The van der Waals surface area contributed by atoms with Crippen molar-refractivity contribution in [2.45, 2.75) is 25.9 Å². The van der Waals surface area contributed by atoms with Gasteiger partial charge in [-0.05, 0) is 37.0 Å². The SMILES string of the molecule is COc1cccc2c1CCN(C(=O)C(C)O)CC2. The first-order valence-electron chi connectivity index (χ1n) is 6.25. The molecule has 0 bridgehead atoms. The van der Waals surface area contributed by atoms with E-state index in [1.807, 2.05) is 12.1 Å². The fourth-order valence-corrected chi connectivity index (χ4v) is 2.42. The highest BCUT2D eigenvalue weighted by atomic mass is 16.5. The smallest absolute Gasteiger partial charge is 0.251 e. The Hall–Kier alpha value is -1.55. The molecule has 98 valence electrons. The zero-order chi connectivity index (χ0) is 13.1. The summed E-state index contributed by atoms with van der Waals surface area (Å²) in [6.45, 7) is 2.81. The lowest BCUT2D eigenvalue weighted by Gasteiger charge is -2.21. The topological polar surface area (TPSA) is 49.8 Å². The van der Waals surface area contributed by atoms with Gasteiger partial charge in [0.05, 0.1) is 7.11 Å². The van der Waals surface area contributed by atoms with Crippen LogP contribution in [0.15, 0.2) is 18.2 Å². The predicted octanol–water partition coefficient (Wildman–Crippen LogP) is 1.00. The predicted molar refractivity (Wildman–Crippen MR) is 68.7 cm³/mol. The lowest BCUT2D eigenvalue weighted by atomic mass is 10.0. The van der Waals surface area contributed by atoms with Crippen LogP contribution >= 0.6 is 0 Å². The number of rotatable bonds is 2. The minimum atomic E-state index is -0.923. The molecule has 0 fully saturated rings. The van der Waals surface area contributed by atoms with Crippen molar-refractivity contribution >= 4 is 5.91 Å². The second kappa shape index (κ2) is 5.40. The average Bonchev–Trinajstić information content (AvgIpc) is 2.59. The van der Waals surface area contributed by atoms with Gasteiger partial charge >= 0.3 is 0 Å². The second-order valence-corrected chi connectivity index (χ2v) is 4.60. The van der Waals surface area contributed by atoms with Gasteiger partial charge < -0.3 is 14.7 Å². The fraction of sp³-hybridized carbons (Fsp3) is 0.500. The van der Waals surface area contributed by atoms with Crippen molar-refractivity contribution in [3.63, 3.8) is 0 Å². The van der Waals surface area contributed by atoms with Crippen LogP contribution in [0, 0.1) is 0 Å². The van der Waals surface area contributed by atoms with E-state index in [0.29, 0.717) is 13.1 Å². The average molecular weight is 249 g/mol. The number of aliphatic hydroxyl groups is 1. The first-order valence-corrected chi connectivity index (χ1v) is 6.25. The van der Waals surface area contributed by atoms with Crippen LogP contribution in [0.3, 0.4) is 0 Å². The monoisotopic (exact) mass is 249 g/mol. The number of benzene rings is 1. The van der Waals surface area contributed by atoms with Crippen molar-refractivity contribution in [3.05, 3.63) is 29.3 Å². The molecule has 0 aliphatic carbocycles. The van der Waals surface area contributed by atoms with Gasteiger partial charge in [0.15, 0.2) is 0 Å². The highest BCUT2D eigenvalue weighted by molar-refractivity contribution is 5.80. The molecule has 0 aromatic heterocycles. The minimum absolute atomic E-state index is 0.193. The van der Waals surface area contributed by atoms with E-state index in [4.69, 9.17) is 4.74 Å². The number of hydrogen-bond donors (Lipinski definition) is 1. The first-order chi connectivity index (χ1) is 8.63. The van der Waals surface area contributed by atoms with E-state index in [1.54, 1.807) is 12.0 Å². The molecule has 0 spiro atoms. The van der Waals surface area contributed by atoms with Gasteiger partial charge in [0.1, 0.15) is 11.9 Å². The Morgan fingerprint density at radius 3 is 2.78 bits per heavy atom. The number of carbonyl (C=O) groups excluding carboxylic acids is 1. The molecule has 0 saturated heterocycles. The molecule has 0 saturated carbocycles. The lowest BCUT2D eigenvalue weighted by molar-refractivity contribution is -0.139. The van der Waals surface area contributed by atoms with Crippen LogP contribution in [0.4, 0.5) is 0 Å². The van der Waals surface area contributed by atoms with E-state index < -0.39 is 6.10 Å². The van der Waals surface area contributed by atoms with Crippen LogP contribution in [-0.2, 0) is 17.6 Å². The number of carbonyl (C=O) groups is 1. The lowest BCUT2D eigenvalue weighted by Crippen LogP contribution is -2.39. The Bertz CT molecular complexity index is 443. The van der Waals surface area contributed by atoms with Crippen molar-refractivity contribution in [2.75, 3.05) is 20.2 Å². The summed E-state index contributed by atoms with van der Waals surface area (Å²) in [5, 5.41) is 9.37. The van der Waals surface area contributed by atoms with Crippen molar-refractivity contribution in [1.82, 2.24) is 4.90 Å². The minimum Gasteiger partial charge on any atom is -0.496 e. The van der Waals surface area contributed by atoms with Gasteiger partial charge in [-0.2, -0.15) is 0 Å². The van der Waals surface area contributed by atoms with Crippen molar-refractivity contribution in [2.24, 2.45) is 0 Å². The maximum absolute atomic E-state index is 11.8. The van der Waals surface area contributed by atoms with Crippen molar-refractivity contribution in [1.29, 1.82) is 0 Å². The van der Waals surface area contributed by atoms with Gasteiger partial charge in [0, 0.05) is 13.1 Å². The highest BCUT2D eigenvalue weighted by Crippen LogP contribution is 2.25. The van der Waals surface area contributed by atoms with Gasteiger partial charge in [0.2, 0.25) is 0 Å². The zero-order valence-electron chi connectivity index (χ0n) is 10.8. The van der Waals surface area contributed by atoms with E-state index in [9.17, 15) is 9.90 Å². The summed E-state index contributed by atoms with van der Waals surface area (Å²) in [6.07, 6.45) is 0.663. The number of methoxy groups -OCH3 is 1. The second-order valence-electron chi connectivity index (χ2n) is 4.60. The molecule has 4 heteroatoms. The third-order valence-corrected chi connectivity index (χ3v) is 3.40. The van der Waals surface area contributed by atoms with E-state index in [0.717, 1.165) is 18.6 Å². The van der Waals surface area contributed by atoms with Gasteiger partial charge in [-0.15, -0.1) is 0 Å². The van der Waals surface area contributed by atoms with Crippen LogP contribution in [0.1, 0.15) is 18.1 Å². The summed E-state index contributed by atoms with van der Waals surface area (Å²) < 4.78 is 5.36. The number of aliphatic hydroxyl groups excluding tert-OH is 1. The zero-order valence-corrected chi connectivity index (χ0v) is 10.8. The van der Waals surface area contributed by atoms with Crippen LogP contribution in [0.2, 0.25) is 0 Å². The van der Waals surface area contributed by atoms with E-state index in [2.05, 4.69) is 6.07 Å². The van der Waals surface area contributed by atoms with Crippen LogP contribution in [-0.4, -0.2) is 42.2 Å². The molecule has 4 nitrogen and oxygen atoms in total. The molecule has 1 unspecified atom stereocenters. The summed E-state index contributed by atoms with van der Waals surface area (Å²) in [5.41, 5.74) is 2.41. The fourth-order valence-electron chi connectivity index (χ4n) is 2.42. The third-order valence-electron chi connectivity index (χ3n) is 3.40. The molecular formula is C14H19NO3. The molecule has 1 aliphatic heterocycles. The number of ether oxygens (including phenoxy) is 1. The molecule has 1 N–H and O–H groups in total. The summed E-state index contributed by atoms with van der Waals surface area (Å²) in [6, 6.07) is 6.00. The van der Waals surface area contributed by atoms with Gasteiger partial charge in [0.25, 0.3) is 5.91 Å². The quantitative estimate of drug-likeness (QED) is 0.851. The summed E-state index contributed by atoms with van der Waals surface area (Å²) in [7, 11) is 1.67. The molecule has 2 rings (SSSR count).